The summed E-state index contributed by atoms with van der Waals surface area (Å²) in [4.78, 5) is 17.5. The van der Waals surface area contributed by atoms with Crippen molar-refractivity contribution in [2.75, 3.05) is 0 Å². The molecule has 136 valence electrons. The molecule has 0 aliphatic carbocycles. The van der Waals surface area contributed by atoms with Gasteiger partial charge in [0.1, 0.15) is 5.01 Å². The second-order valence-electron chi connectivity index (χ2n) is 6.36. The largest absolute Gasteiger partial charge is 0.306 e. The van der Waals surface area contributed by atoms with Crippen molar-refractivity contribution < 1.29 is 13.2 Å². The molecule has 2 heterocycles. The van der Waals surface area contributed by atoms with E-state index in [1.165, 1.54) is 21.5 Å². The molecule has 0 saturated carbocycles. The third kappa shape index (κ3) is 3.78. The van der Waals surface area contributed by atoms with Gasteiger partial charge in [0.2, 0.25) is 0 Å². The van der Waals surface area contributed by atoms with E-state index < -0.39 is 21.5 Å². The number of nitrogens with zero attached hydrogens (tertiary/aromatic N) is 5. The van der Waals surface area contributed by atoms with Crippen LogP contribution < -0.4 is 4.72 Å². The van der Waals surface area contributed by atoms with E-state index in [0.717, 1.165) is 5.56 Å². The van der Waals surface area contributed by atoms with Crippen LogP contribution in [0.1, 0.15) is 31.4 Å². The van der Waals surface area contributed by atoms with E-state index in [4.69, 9.17) is 0 Å². The molecule has 0 bridgehead atoms. The molecular formula is C15H16N6O3S2. The smallest absolute Gasteiger partial charge is 0.264 e. The lowest BCUT2D eigenvalue weighted by Crippen LogP contribution is -2.32. The molecule has 0 radical (unpaired) electrons. The molecule has 0 saturated heterocycles. The Morgan fingerprint density at radius 2 is 1.88 bits per heavy atom. The molecule has 26 heavy (non-hydrogen) atoms. The number of amides is 1. The van der Waals surface area contributed by atoms with Crippen molar-refractivity contribution in [2.45, 2.75) is 31.3 Å². The van der Waals surface area contributed by atoms with Crippen LogP contribution in [0.2, 0.25) is 0 Å². The van der Waals surface area contributed by atoms with Crippen LogP contribution in [0.3, 0.4) is 0 Å². The van der Waals surface area contributed by atoms with Crippen molar-refractivity contribution in [2.24, 2.45) is 0 Å². The lowest BCUT2D eigenvalue weighted by Gasteiger charge is -2.15. The van der Waals surface area contributed by atoms with Gasteiger partial charge in [-0.2, -0.15) is 13.2 Å². The predicted molar refractivity (Wildman–Crippen MR) is 95.0 cm³/mol. The van der Waals surface area contributed by atoms with Gasteiger partial charge >= 0.3 is 5.91 Å². The fraction of sp³-hybridized carbons (Fsp3) is 0.267. The van der Waals surface area contributed by atoms with Gasteiger partial charge in [0.15, 0.2) is 5.03 Å². The summed E-state index contributed by atoms with van der Waals surface area (Å²) in [5.74, 6) is -1.29. The van der Waals surface area contributed by atoms with Crippen molar-refractivity contribution in [1.82, 2.24) is 29.9 Å². The Morgan fingerprint density at radius 1 is 1.19 bits per heavy atom. The number of carbonyl (C=O) groups excluding carboxylic acids is 1. The first-order chi connectivity index (χ1) is 12.2. The van der Waals surface area contributed by atoms with E-state index in [1.54, 1.807) is 0 Å². The van der Waals surface area contributed by atoms with Crippen LogP contribution in [0.5, 0.6) is 0 Å². The van der Waals surface area contributed by atoms with E-state index in [-0.39, 0.29) is 10.9 Å². The molecule has 11 heteroatoms. The van der Waals surface area contributed by atoms with Crippen molar-refractivity contribution in [3.63, 3.8) is 0 Å². The summed E-state index contributed by atoms with van der Waals surface area (Å²) in [5, 5.41) is 12.9. The minimum atomic E-state index is -4.14. The maximum absolute atomic E-state index is 12.4. The second kappa shape index (κ2) is 6.57. The Morgan fingerprint density at radius 3 is 2.50 bits per heavy atom. The molecule has 3 aromatic rings. The van der Waals surface area contributed by atoms with Gasteiger partial charge in [-0.25, -0.2) is 9.71 Å². The molecular weight excluding hydrogens is 376 g/mol. The van der Waals surface area contributed by atoms with Gasteiger partial charge in [-0.1, -0.05) is 30.3 Å². The SMILES string of the molecule is CC(C)(C)n1nnc(C(=O)NS(=O)(=O)c2csc(-c3ccccc3)n2)n1. The van der Waals surface area contributed by atoms with Gasteiger partial charge < -0.3 is 0 Å². The Kier molecular flexibility index (Phi) is 4.59. The first-order valence-electron chi connectivity index (χ1n) is 7.55. The number of thiazole rings is 1. The van der Waals surface area contributed by atoms with E-state index in [2.05, 4.69) is 20.4 Å². The van der Waals surface area contributed by atoms with Gasteiger partial charge in [0.05, 0.1) is 5.54 Å². The number of rotatable bonds is 4. The maximum atomic E-state index is 12.4. The summed E-state index contributed by atoms with van der Waals surface area (Å²) < 4.78 is 26.7. The highest BCUT2D eigenvalue weighted by Crippen LogP contribution is 2.25. The van der Waals surface area contributed by atoms with Crippen LogP contribution in [0, 0.1) is 0 Å². The fourth-order valence-corrected chi connectivity index (χ4v) is 3.95. The molecule has 1 aromatic carbocycles. The Labute approximate surface area is 154 Å². The maximum Gasteiger partial charge on any atom is 0.306 e. The number of tetrazole rings is 1. The van der Waals surface area contributed by atoms with E-state index in [1.807, 2.05) is 55.8 Å². The highest BCUT2D eigenvalue weighted by atomic mass is 32.2. The van der Waals surface area contributed by atoms with Gasteiger partial charge in [0, 0.05) is 10.9 Å². The first kappa shape index (κ1) is 18.1. The van der Waals surface area contributed by atoms with Crippen LogP contribution in [0.25, 0.3) is 10.6 Å². The summed E-state index contributed by atoms with van der Waals surface area (Å²) in [6.45, 7) is 5.48. The highest BCUT2D eigenvalue weighted by Gasteiger charge is 2.26. The molecule has 1 N–H and O–H groups in total. The number of nitrogens with one attached hydrogen (secondary N) is 1. The predicted octanol–water partition coefficient (Wildman–Crippen LogP) is 1.67. The highest BCUT2D eigenvalue weighted by molar-refractivity contribution is 7.90. The summed E-state index contributed by atoms with van der Waals surface area (Å²) in [7, 11) is -4.14. The number of sulfonamides is 1. The minimum absolute atomic E-state index is 0.238. The quantitative estimate of drug-likeness (QED) is 0.717. The summed E-state index contributed by atoms with van der Waals surface area (Å²) in [6.07, 6.45) is 0. The normalized spacial score (nSPS) is 12.1. The molecule has 0 fully saturated rings. The van der Waals surface area contributed by atoms with Crippen LogP contribution in [-0.2, 0) is 15.6 Å². The number of benzene rings is 1. The zero-order chi connectivity index (χ0) is 18.9. The summed E-state index contributed by atoms with van der Waals surface area (Å²) in [6, 6.07) is 9.16. The lowest BCUT2D eigenvalue weighted by atomic mass is 10.1. The van der Waals surface area contributed by atoms with E-state index in [9.17, 15) is 13.2 Å². The molecule has 0 aliphatic rings. The summed E-state index contributed by atoms with van der Waals surface area (Å²) in [5.41, 5.74) is 0.309. The molecule has 0 unspecified atom stereocenters. The van der Waals surface area contributed by atoms with Crippen LogP contribution in [-0.4, -0.2) is 39.5 Å². The van der Waals surface area contributed by atoms with Gasteiger partial charge in [0.25, 0.3) is 15.8 Å². The van der Waals surface area contributed by atoms with Crippen molar-refractivity contribution in [1.29, 1.82) is 0 Å². The lowest BCUT2D eigenvalue weighted by molar-refractivity contribution is 0.0970. The Bertz CT molecular complexity index is 1030. The van der Waals surface area contributed by atoms with Crippen molar-refractivity contribution in [3.05, 3.63) is 41.5 Å². The molecule has 9 nitrogen and oxygen atoms in total. The molecule has 3 rings (SSSR count). The number of carbonyl (C=O) groups is 1. The minimum Gasteiger partial charge on any atom is -0.264 e. The third-order valence-corrected chi connectivity index (χ3v) is 5.48. The first-order valence-corrected chi connectivity index (χ1v) is 9.92. The van der Waals surface area contributed by atoms with Gasteiger partial charge in [-0.05, 0) is 26.0 Å². The van der Waals surface area contributed by atoms with Crippen molar-refractivity contribution in [3.8, 4) is 10.6 Å². The zero-order valence-electron chi connectivity index (χ0n) is 14.2. The zero-order valence-corrected chi connectivity index (χ0v) is 15.9. The molecule has 1 amide bonds. The van der Waals surface area contributed by atoms with E-state index >= 15 is 0 Å². The molecule has 0 spiro atoms. The topological polar surface area (TPSA) is 120 Å². The monoisotopic (exact) mass is 392 g/mol. The van der Waals surface area contributed by atoms with Crippen LogP contribution in [0.4, 0.5) is 0 Å². The molecule has 0 aliphatic heterocycles. The van der Waals surface area contributed by atoms with Gasteiger partial charge in [-0.15, -0.1) is 21.5 Å². The van der Waals surface area contributed by atoms with E-state index in [0.29, 0.717) is 5.01 Å². The number of aromatic nitrogens is 5. The standard InChI is InChI=1S/C15H16N6O3S2/c1-15(2,3)21-18-12(17-20-21)13(22)19-26(23,24)11-9-25-14(16-11)10-7-5-4-6-8-10/h4-9H,1-3H3,(H,19,22). The van der Waals surface area contributed by atoms with Crippen LogP contribution >= 0.6 is 11.3 Å². The van der Waals surface area contributed by atoms with Crippen LogP contribution in [0.15, 0.2) is 40.7 Å². The molecule has 2 aromatic heterocycles. The molecule has 0 atom stereocenters. The fourth-order valence-electron chi connectivity index (χ4n) is 1.91. The average molecular weight is 392 g/mol. The second-order valence-corrected chi connectivity index (χ2v) is 8.85. The van der Waals surface area contributed by atoms with Gasteiger partial charge in [-0.3, -0.25) is 4.79 Å². The Hall–Kier alpha value is -2.66. The summed E-state index contributed by atoms with van der Waals surface area (Å²) >= 11 is 1.17. The van der Waals surface area contributed by atoms with Crippen molar-refractivity contribution >= 4 is 27.3 Å². The number of hydrogen-bond donors (Lipinski definition) is 1. The third-order valence-electron chi connectivity index (χ3n) is 3.22. The Balaban J connectivity index is 1.80. The number of hydrogen-bond acceptors (Lipinski definition) is 8. The average Bonchev–Trinajstić information content (AvgIpc) is 3.25.